The largest absolute Gasteiger partial charge is 0.396 e. The summed E-state index contributed by atoms with van der Waals surface area (Å²) in [4.78, 5) is 9.13. The molecule has 0 aliphatic heterocycles. The molecule has 5 aromatic rings. The van der Waals surface area contributed by atoms with Crippen LogP contribution in [0.3, 0.4) is 0 Å². The summed E-state index contributed by atoms with van der Waals surface area (Å²) in [6.07, 6.45) is 6.85. The van der Waals surface area contributed by atoms with Crippen molar-refractivity contribution in [1.29, 1.82) is 0 Å². The van der Waals surface area contributed by atoms with Gasteiger partial charge in [-0.3, -0.25) is 9.67 Å². The lowest BCUT2D eigenvalue weighted by molar-refractivity contribution is 0.277. The maximum absolute atomic E-state index is 13.7. The van der Waals surface area contributed by atoms with E-state index in [1.165, 1.54) is 17.7 Å². The van der Waals surface area contributed by atoms with Gasteiger partial charge in [0.05, 0.1) is 5.69 Å². The van der Waals surface area contributed by atoms with E-state index in [1.54, 1.807) is 24.5 Å². The summed E-state index contributed by atoms with van der Waals surface area (Å²) < 4.78 is 15.5. The first-order valence-corrected chi connectivity index (χ1v) is 10.9. The Kier molecular flexibility index (Phi) is 5.91. The molecule has 0 radical (unpaired) electrons. The fourth-order valence-electron chi connectivity index (χ4n) is 4.12. The van der Waals surface area contributed by atoms with Gasteiger partial charge in [-0.2, -0.15) is 5.10 Å². The van der Waals surface area contributed by atoms with Crippen LogP contribution in [0.4, 0.5) is 4.39 Å². The molecule has 0 amide bonds. The molecule has 0 aliphatic carbocycles. The molecular formula is C27H23FN4O. The van der Waals surface area contributed by atoms with E-state index in [-0.39, 0.29) is 12.4 Å². The van der Waals surface area contributed by atoms with Gasteiger partial charge in [0, 0.05) is 48.3 Å². The van der Waals surface area contributed by atoms with Crippen LogP contribution < -0.4 is 0 Å². The molecule has 0 unspecified atom stereocenters. The molecule has 0 saturated heterocycles. The molecule has 2 aromatic carbocycles. The van der Waals surface area contributed by atoms with Gasteiger partial charge in [0.25, 0.3) is 0 Å². The molecule has 0 atom stereocenters. The lowest BCUT2D eigenvalue weighted by Gasteiger charge is -2.16. The van der Waals surface area contributed by atoms with E-state index in [0.29, 0.717) is 25.0 Å². The summed E-state index contributed by atoms with van der Waals surface area (Å²) in [5.74, 6) is -0.289. The quantitative estimate of drug-likeness (QED) is 0.376. The molecule has 0 spiro atoms. The fraction of sp³-hybridized carbons (Fsp3) is 0.148. The zero-order valence-electron chi connectivity index (χ0n) is 18.0. The van der Waals surface area contributed by atoms with Gasteiger partial charge >= 0.3 is 0 Å². The van der Waals surface area contributed by atoms with Gasteiger partial charge in [0.1, 0.15) is 5.82 Å². The Morgan fingerprint density at radius 1 is 0.879 bits per heavy atom. The van der Waals surface area contributed by atoms with Gasteiger partial charge in [0.15, 0.2) is 5.65 Å². The molecule has 164 valence electrons. The first-order valence-electron chi connectivity index (χ1n) is 10.9. The Hall–Kier alpha value is -3.90. The lowest BCUT2D eigenvalue weighted by Crippen LogP contribution is -2.00. The number of hydrogen-bond acceptors (Lipinski definition) is 4. The van der Waals surface area contributed by atoms with Crippen LogP contribution in [0, 0.1) is 5.82 Å². The van der Waals surface area contributed by atoms with Crippen molar-refractivity contribution >= 4 is 11.0 Å². The minimum atomic E-state index is -0.289. The van der Waals surface area contributed by atoms with Gasteiger partial charge in [-0.05, 0) is 65.9 Å². The molecule has 0 aliphatic rings. The second-order valence-electron chi connectivity index (χ2n) is 7.93. The second kappa shape index (κ2) is 9.30. The summed E-state index contributed by atoms with van der Waals surface area (Å²) in [5, 5.41) is 14.9. The van der Waals surface area contributed by atoms with Crippen molar-refractivity contribution in [3.63, 3.8) is 0 Å². The summed E-state index contributed by atoms with van der Waals surface area (Å²) >= 11 is 0. The highest BCUT2D eigenvalue weighted by molar-refractivity contribution is 5.94. The highest BCUT2D eigenvalue weighted by Gasteiger charge is 2.20. The number of benzene rings is 2. The first kappa shape index (κ1) is 21.0. The van der Waals surface area contributed by atoms with Gasteiger partial charge in [0.2, 0.25) is 0 Å². The molecular weight excluding hydrogens is 415 g/mol. The summed E-state index contributed by atoms with van der Waals surface area (Å²) in [5.41, 5.74) is 6.47. The Labute approximate surface area is 191 Å². The Morgan fingerprint density at radius 2 is 1.64 bits per heavy atom. The molecule has 33 heavy (non-hydrogen) atoms. The zero-order chi connectivity index (χ0) is 22.6. The van der Waals surface area contributed by atoms with Crippen LogP contribution in [-0.4, -0.2) is 31.5 Å². The summed E-state index contributed by atoms with van der Waals surface area (Å²) in [7, 11) is 0. The number of aliphatic hydroxyl groups is 1. The lowest BCUT2D eigenvalue weighted by atomic mass is 9.90. The van der Waals surface area contributed by atoms with Crippen LogP contribution >= 0.6 is 0 Å². The average molecular weight is 439 g/mol. The van der Waals surface area contributed by atoms with Crippen molar-refractivity contribution in [2.24, 2.45) is 0 Å². The minimum absolute atomic E-state index is 0.101. The third-order valence-electron chi connectivity index (χ3n) is 5.68. The highest BCUT2D eigenvalue weighted by atomic mass is 19.1. The maximum Gasteiger partial charge on any atom is 0.182 e. The van der Waals surface area contributed by atoms with E-state index in [0.717, 1.165) is 33.3 Å². The number of rotatable bonds is 7. The number of fused-ring (bicyclic) bond motifs is 1. The van der Waals surface area contributed by atoms with Gasteiger partial charge in [-0.15, -0.1) is 0 Å². The molecule has 5 rings (SSSR count). The third kappa shape index (κ3) is 4.38. The van der Waals surface area contributed by atoms with Gasteiger partial charge in [-0.25, -0.2) is 9.37 Å². The SMILES string of the molecule is OCCCn1cc2c(Cc3ccccc3)c(-c3ccncc3)c(-c3ccc(F)cc3)nc2n1. The van der Waals surface area contributed by atoms with Crippen LogP contribution in [0.2, 0.25) is 0 Å². The van der Waals surface area contributed by atoms with Crippen molar-refractivity contribution in [2.75, 3.05) is 6.61 Å². The second-order valence-corrected chi connectivity index (χ2v) is 7.93. The van der Waals surface area contributed by atoms with Crippen LogP contribution in [0.1, 0.15) is 17.5 Å². The predicted molar refractivity (Wildman–Crippen MR) is 127 cm³/mol. The van der Waals surface area contributed by atoms with Crippen LogP contribution in [0.25, 0.3) is 33.4 Å². The van der Waals surface area contributed by atoms with Crippen molar-refractivity contribution in [2.45, 2.75) is 19.4 Å². The first-order chi connectivity index (χ1) is 16.2. The zero-order valence-corrected chi connectivity index (χ0v) is 18.0. The predicted octanol–water partition coefficient (Wildman–Crippen LogP) is 5.27. The van der Waals surface area contributed by atoms with Gasteiger partial charge < -0.3 is 5.11 Å². The molecule has 3 aromatic heterocycles. The van der Waals surface area contributed by atoms with E-state index in [2.05, 4.69) is 17.1 Å². The van der Waals surface area contributed by atoms with Crippen molar-refractivity contribution in [3.8, 4) is 22.4 Å². The molecule has 5 nitrogen and oxygen atoms in total. The van der Waals surface area contributed by atoms with E-state index in [9.17, 15) is 9.50 Å². The fourth-order valence-corrected chi connectivity index (χ4v) is 4.12. The molecule has 1 N–H and O–H groups in total. The van der Waals surface area contributed by atoms with E-state index >= 15 is 0 Å². The highest BCUT2D eigenvalue weighted by Crippen LogP contribution is 2.38. The van der Waals surface area contributed by atoms with E-state index in [1.807, 2.05) is 41.2 Å². The van der Waals surface area contributed by atoms with Crippen LogP contribution in [-0.2, 0) is 13.0 Å². The minimum Gasteiger partial charge on any atom is -0.396 e. The molecule has 0 fully saturated rings. The van der Waals surface area contributed by atoms with Crippen LogP contribution in [0.15, 0.2) is 85.3 Å². The van der Waals surface area contributed by atoms with Crippen molar-refractivity contribution < 1.29 is 9.50 Å². The molecule has 6 heteroatoms. The van der Waals surface area contributed by atoms with Crippen molar-refractivity contribution in [3.05, 3.63) is 102 Å². The normalized spacial score (nSPS) is 11.2. The monoisotopic (exact) mass is 438 g/mol. The van der Waals surface area contributed by atoms with Gasteiger partial charge in [-0.1, -0.05) is 30.3 Å². The number of hydrogen-bond donors (Lipinski definition) is 1. The number of aromatic nitrogens is 4. The molecule has 0 bridgehead atoms. The number of aryl methyl sites for hydroxylation is 1. The Bertz CT molecular complexity index is 1370. The Morgan fingerprint density at radius 3 is 2.36 bits per heavy atom. The summed E-state index contributed by atoms with van der Waals surface area (Å²) in [6.45, 7) is 0.706. The van der Waals surface area contributed by atoms with Crippen molar-refractivity contribution in [1.82, 2.24) is 19.7 Å². The summed E-state index contributed by atoms with van der Waals surface area (Å²) in [6, 6.07) is 20.6. The van der Waals surface area contributed by atoms with E-state index in [4.69, 9.17) is 10.1 Å². The average Bonchev–Trinajstić information content (AvgIpc) is 3.27. The smallest absolute Gasteiger partial charge is 0.182 e. The Balaban J connectivity index is 1.81. The number of aliphatic hydroxyl groups excluding tert-OH is 1. The molecule has 0 saturated carbocycles. The standard InChI is InChI=1S/C27H23FN4O/c28-22-9-7-21(8-10-22)26-25(20-11-13-29-14-12-20)23(17-19-5-2-1-3-6-19)24-18-32(15-4-16-33)31-27(24)30-26/h1-3,5-14,18,33H,4,15-17H2. The van der Waals surface area contributed by atoms with E-state index < -0.39 is 0 Å². The third-order valence-corrected chi connectivity index (χ3v) is 5.68. The number of halogens is 1. The molecule has 3 heterocycles. The van der Waals surface area contributed by atoms with Crippen LogP contribution in [0.5, 0.6) is 0 Å². The topological polar surface area (TPSA) is 63.8 Å². The number of nitrogens with zero attached hydrogens (tertiary/aromatic N) is 4. The maximum atomic E-state index is 13.7. The number of pyridine rings is 2.